The molecule has 0 bridgehead atoms. The van der Waals surface area contributed by atoms with Gasteiger partial charge in [0.2, 0.25) is 15.0 Å². The molecule has 5 rings (SSSR count). The molecule has 43 heavy (non-hydrogen) atoms. The number of rotatable bonds is 7. The van der Waals surface area contributed by atoms with Gasteiger partial charge in [0.05, 0.1) is 19.2 Å². The first-order chi connectivity index (χ1) is 20.2. The number of likely N-dealkylation sites (tertiary alicyclic amines) is 2. The highest BCUT2D eigenvalue weighted by atomic mass is 35.5. The molecule has 2 aliphatic rings. The number of fused-ring (bicyclic) bond motifs is 2. The van der Waals surface area contributed by atoms with Crippen molar-refractivity contribution in [2.75, 3.05) is 53.2 Å². The smallest absolute Gasteiger partial charge is 0.410 e. The number of methoxy groups -OCH3 is 2. The van der Waals surface area contributed by atoms with E-state index in [0.717, 1.165) is 19.3 Å². The van der Waals surface area contributed by atoms with E-state index in [9.17, 15) is 18.0 Å². The summed E-state index contributed by atoms with van der Waals surface area (Å²) in [6.45, 7) is 9.09. The molecular weight excluding hydrogens is 598 g/mol. The summed E-state index contributed by atoms with van der Waals surface area (Å²) in [6.07, 6.45) is 2.13. The number of nitrogens with zero attached hydrogens (tertiary/aromatic N) is 5. The molecule has 1 amide bonds. The maximum atomic E-state index is 14.1. The number of benzene rings is 1. The van der Waals surface area contributed by atoms with Crippen LogP contribution in [0.3, 0.4) is 0 Å². The molecule has 232 valence electrons. The van der Waals surface area contributed by atoms with E-state index < -0.39 is 21.0 Å². The molecule has 2 unspecified atom stereocenters. The van der Waals surface area contributed by atoms with Gasteiger partial charge in [-0.05, 0) is 44.7 Å². The molecule has 0 aliphatic carbocycles. The summed E-state index contributed by atoms with van der Waals surface area (Å²) in [4.78, 5) is 39.0. The highest BCUT2D eigenvalue weighted by Gasteiger charge is 2.42. The Balaban J connectivity index is 1.46. The fraction of sp³-hybridized carbons (Fsp3) is 0.517. The van der Waals surface area contributed by atoms with Crippen molar-refractivity contribution >= 4 is 38.6 Å². The Kier molecular flexibility index (Phi) is 8.36. The van der Waals surface area contributed by atoms with Gasteiger partial charge in [-0.2, -0.15) is 4.98 Å². The zero-order chi connectivity index (χ0) is 31.3. The maximum absolute atomic E-state index is 14.1. The summed E-state index contributed by atoms with van der Waals surface area (Å²) < 4.78 is 42.4. The number of hydrogen-bond donors (Lipinski definition) is 0. The monoisotopic (exact) mass is 633 g/mol. The van der Waals surface area contributed by atoms with Gasteiger partial charge in [0, 0.05) is 74.3 Å². The van der Waals surface area contributed by atoms with Gasteiger partial charge >= 0.3 is 6.09 Å². The molecule has 0 N–H and O–H groups in total. The van der Waals surface area contributed by atoms with Crippen LogP contribution in [0.15, 0.2) is 34.3 Å². The lowest BCUT2D eigenvalue weighted by Crippen LogP contribution is -2.38. The van der Waals surface area contributed by atoms with Crippen molar-refractivity contribution in [1.29, 1.82) is 0 Å². The minimum absolute atomic E-state index is 0.214. The van der Waals surface area contributed by atoms with Gasteiger partial charge in [0.15, 0.2) is 0 Å². The molecule has 14 heteroatoms. The van der Waals surface area contributed by atoms with E-state index in [0.29, 0.717) is 53.9 Å². The van der Waals surface area contributed by atoms with Crippen LogP contribution in [0.5, 0.6) is 11.5 Å². The van der Waals surface area contributed by atoms with Crippen LogP contribution in [-0.2, 0) is 21.1 Å². The van der Waals surface area contributed by atoms with E-state index in [1.807, 2.05) is 20.8 Å². The number of amides is 1. The van der Waals surface area contributed by atoms with Crippen LogP contribution >= 0.6 is 11.6 Å². The summed E-state index contributed by atoms with van der Waals surface area (Å²) in [5.41, 5.74) is -0.0454. The molecule has 4 heterocycles. The van der Waals surface area contributed by atoms with Crippen molar-refractivity contribution in [2.45, 2.75) is 38.1 Å². The molecule has 12 nitrogen and oxygen atoms in total. The van der Waals surface area contributed by atoms with E-state index in [4.69, 9.17) is 25.8 Å². The number of pyridine rings is 1. The second-order valence-corrected chi connectivity index (χ2v) is 14.4. The predicted molar refractivity (Wildman–Crippen MR) is 162 cm³/mol. The molecule has 2 fully saturated rings. The zero-order valence-corrected chi connectivity index (χ0v) is 26.7. The Bertz CT molecular complexity index is 1720. The summed E-state index contributed by atoms with van der Waals surface area (Å²) in [6, 6.07) is 4.88. The summed E-state index contributed by atoms with van der Waals surface area (Å²) in [5, 5.41) is 0.355. The molecule has 0 radical (unpaired) electrons. The Labute approximate surface area is 255 Å². The lowest BCUT2D eigenvalue weighted by Gasteiger charge is -2.26. The largest absolute Gasteiger partial charge is 0.497 e. The van der Waals surface area contributed by atoms with Crippen molar-refractivity contribution in [3.63, 3.8) is 0 Å². The second-order valence-electron chi connectivity index (χ2n) is 12.1. The molecule has 2 aromatic heterocycles. The number of ether oxygens (including phenoxy) is 3. The highest BCUT2D eigenvalue weighted by molar-refractivity contribution is 7.90. The molecule has 0 spiro atoms. The van der Waals surface area contributed by atoms with Crippen LogP contribution in [0, 0.1) is 11.8 Å². The lowest BCUT2D eigenvalue weighted by molar-refractivity contribution is 0.0274. The number of halogens is 1. The van der Waals surface area contributed by atoms with Gasteiger partial charge in [0.1, 0.15) is 22.7 Å². The first-order valence-electron chi connectivity index (χ1n) is 13.9. The summed E-state index contributed by atoms with van der Waals surface area (Å²) >= 11 is 6.65. The van der Waals surface area contributed by atoms with E-state index >= 15 is 0 Å². The highest BCUT2D eigenvalue weighted by Crippen LogP contribution is 2.39. The third kappa shape index (κ3) is 6.43. The van der Waals surface area contributed by atoms with Gasteiger partial charge in [-0.1, -0.05) is 11.6 Å². The van der Waals surface area contributed by atoms with Crippen molar-refractivity contribution in [1.82, 2.24) is 24.3 Å². The molecule has 2 atom stereocenters. The first kappa shape index (κ1) is 31.0. The Morgan fingerprint density at radius 1 is 1.02 bits per heavy atom. The average molecular weight is 634 g/mol. The van der Waals surface area contributed by atoms with Gasteiger partial charge in [0.25, 0.3) is 5.56 Å². The summed E-state index contributed by atoms with van der Waals surface area (Å²) in [7, 11) is -0.743. The summed E-state index contributed by atoms with van der Waals surface area (Å²) in [5.74, 6) is 1.40. The van der Waals surface area contributed by atoms with Crippen LogP contribution in [0.2, 0.25) is 5.02 Å². The third-order valence-corrected chi connectivity index (χ3v) is 9.00. The van der Waals surface area contributed by atoms with Crippen molar-refractivity contribution in [3.8, 4) is 22.6 Å². The SMILES string of the molecule is COc1cc(OC)c(Cl)c(-c2cc3cnc(S(C)(=O)=O)nc3n(CCN3CC4CN(C(=O)OC(C)(C)C)CC4C3)c2=O)c1. The zero-order valence-electron chi connectivity index (χ0n) is 25.1. The minimum atomic E-state index is -3.72. The number of aromatic nitrogens is 3. The van der Waals surface area contributed by atoms with E-state index in [1.54, 1.807) is 23.1 Å². The maximum Gasteiger partial charge on any atom is 0.410 e. The van der Waals surface area contributed by atoms with E-state index in [-0.39, 0.29) is 34.0 Å². The molecule has 2 saturated heterocycles. The number of carbonyl (C=O) groups excluding carboxylic acids is 1. The van der Waals surface area contributed by atoms with Crippen molar-refractivity contribution in [2.24, 2.45) is 11.8 Å². The predicted octanol–water partition coefficient (Wildman–Crippen LogP) is 3.33. The molecule has 0 saturated carbocycles. The van der Waals surface area contributed by atoms with Crippen LogP contribution in [-0.4, -0.2) is 97.6 Å². The van der Waals surface area contributed by atoms with Crippen LogP contribution in [0.4, 0.5) is 4.79 Å². The minimum Gasteiger partial charge on any atom is -0.497 e. The third-order valence-electron chi connectivity index (χ3n) is 7.75. The Hall–Kier alpha value is -3.42. The quantitative estimate of drug-likeness (QED) is 0.357. The first-order valence-corrected chi connectivity index (χ1v) is 16.2. The van der Waals surface area contributed by atoms with E-state index in [2.05, 4.69) is 14.9 Å². The van der Waals surface area contributed by atoms with Gasteiger partial charge in [-0.15, -0.1) is 0 Å². The van der Waals surface area contributed by atoms with Gasteiger partial charge in [-0.3, -0.25) is 9.36 Å². The Morgan fingerprint density at radius 2 is 1.70 bits per heavy atom. The lowest BCUT2D eigenvalue weighted by atomic mass is 10.0. The average Bonchev–Trinajstić information content (AvgIpc) is 3.50. The van der Waals surface area contributed by atoms with Gasteiger partial charge in [-0.25, -0.2) is 18.2 Å². The van der Waals surface area contributed by atoms with E-state index in [1.165, 1.54) is 25.0 Å². The normalized spacial score (nSPS) is 19.1. The standard InChI is InChI=1S/C29H36ClN5O7S/c1-29(2,3)42-28(37)34-15-18-13-33(14-19(18)16-34)7-8-35-25-17(12-31-27(32-25)43(6,38)39)9-22(26(35)36)21-10-20(40-4)11-23(41-5)24(21)30/h9-12,18-19H,7-8,13-16H2,1-6H3. The number of sulfone groups is 1. The molecule has 2 aliphatic heterocycles. The van der Waals surface area contributed by atoms with Crippen LogP contribution in [0.1, 0.15) is 20.8 Å². The fourth-order valence-electron chi connectivity index (χ4n) is 5.75. The topological polar surface area (TPSA) is 133 Å². The number of hydrogen-bond acceptors (Lipinski definition) is 10. The van der Waals surface area contributed by atoms with Crippen molar-refractivity contribution in [3.05, 3.63) is 39.8 Å². The second kappa shape index (κ2) is 11.6. The van der Waals surface area contributed by atoms with Crippen LogP contribution < -0.4 is 15.0 Å². The number of carbonyl (C=O) groups is 1. The molecule has 1 aromatic carbocycles. The Morgan fingerprint density at radius 3 is 2.28 bits per heavy atom. The fourth-order valence-corrected chi connectivity index (χ4v) is 6.53. The molecular formula is C29H36ClN5O7S. The van der Waals surface area contributed by atoms with Crippen molar-refractivity contribution < 1.29 is 27.4 Å². The van der Waals surface area contributed by atoms with Gasteiger partial charge < -0.3 is 24.0 Å². The molecule has 3 aromatic rings. The van der Waals surface area contributed by atoms with Crippen LogP contribution in [0.25, 0.3) is 22.2 Å².